The van der Waals surface area contributed by atoms with Crippen LogP contribution in [0.5, 0.6) is 0 Å². The Morgan fingerprint density at radius 1 is 1.10 bits per heavy atom. The van der Waals surface area contributed by atoms with Crippen LogP contribution in [0.3, 0.4) is 0 Å². The second kappa shape index (κ2) is 10.2. The summed E-state index contributed by atoms with van der Waals surface area (Å²) in [5, 5.41) is 5.75. The summed E-state index contributed by atoms with van der Waals surface area (Å²) in [5.74, 6) is -0.469. The molecule has 154 valence electrons. The van der Waals surface area contributed by atoms with Crippen LogP contribution in [0.1, 0.15) is 0 Å². The molecule has 0 atom stereocenters. The molecule has 1 aliphatic rings. The second-order valence-electron chi connectivity index (χ2n) is 6.76. The predicted molar refractivity (Wildman–Crippen MR) is 113 cm³/mol. The Balaban J connectivity index is 1.44. The molecule has 0 radical (unpaired) electrons. The first-order chi connectivity index (χ1) is 14.0. The number of anilines is 3. The first-order valence-corrected chi connectivity index (χ1v) is 9.70. The summed E-state index contributed by atoms with van der Waals surface area (Å²) in [7, 11) is 1.70. The number of carbonyl (C=O) groups excluding carboxylic acids is 2. The molecule has 9 heteroatoms. The molecule has 2 heterocycles. The zero-order chi connectivity index (χ0) is 20.6. The van der Waals surface area contributed by atoms with E-state index in [9.17, 15) is 9.59 Å². The molecule has 2 amide bonds. The number of hydrogen-bond donors (Lipinski definition) is 2. The summed E-state index contributed by atoms with van der Waals surface area (Å²) in [4.78, 5) is 32.2. The molecule has 1 aliphatic heterocycles. The first-order valence-electron chi connectivity index (χ1n) is 9.33. The quantitative estimate of drug-likeness (QED) is 0.671. The van der Waals surface area contributed by atoms with Crippen LogP contribution in [0.4, 0.5) is 17.1 Å². The van der Waals surface area contributed by atoms with Gasteiger partial charge in [0.25, 0.3) is 0 Å². The van der Waals surface area contributed by atoms with Crippen molar-refractivity contribution in [3.05, 3.63) is 47.7 Å². The van der Waals surface area contributed by atoms with E-state index in [1.54, 1.807) is 30.3 Å². The lowest BCUT2D eigenvalue weighted by Crippen LogP contribution is -2.36. The number of halogens is 1. The number of likely N-dealkylation sites (N-methyl/N-ethyl adjacent to an activating group) is 1. The minimum Gasteiger partial charge on any atom is -0.378 e. The van der Waals surface area contributed by atoms with E-state index in [1.807, 2.05) is 24.3 Å². The molecule has 1 saturated heterocycles. The molecule has 2 N–H and O–H groups in total. The van der Waals surface area contributed by atoms with Gasteiger partial charge in [-0.2, -0.15) is 0 Å². The van der Waals surface area contributed by atoms with Crippen molar-refractivity contribution in [2.75, 3.05) is 62.0 Å². The van der Waals surface area contributed by atoms with Gasteiger partial charge in [-0.1, -0.05) is 11.6 Å². The molecule has 1 aromatic carbocycles. The third kappa shape index (κ3) is 6.42. The molecule has 0 unspecified atom stereocenters. The Labute approximate surface area is 174 Å². The van der Waals surface area contributed by atoms with Crippen LogP contribution >= 0.6 is 11.6 Å². The van der Waals surface area contributed by atoms with Gasteiger partial charge >= 0.3 is 0 Å². The number of ether oxygens (including phenoxy) is 1. The Kier molecular flexibility index (Phi) is 7.40. The Bertz CT molecular complexity index is 840. The van der Waals surface area contributed by atoms with Crippen LogP contribution in [0.15, 0.2) is 42.6 Å². The SMILES string of the molecule is CN(CC(=O)Nc1ccc(N2CCOCC2)cc1)CC(=O)Nc1cccnc1Cl. The number of carbonyl (C=O) groups is 2. The highest BCUT2D eigenvalue weighted by molar-refractivity contribution is 6.32. The molecule has 0 bridgehead atoms. The van der Waals surface area contributed by atoms with Gasteiger partial charge in [0.15, 0.2) is 5.15 Å². The number of pyridine rings is 1. The molecule has 8 nitrogen and oxygen atoms in total. The Morgan fingerprint density at radius 2 is 1.76 bits per heavy atom. The summed E-state index contributed by atoms with van der Waals surface area (Å²) in [6, 6.07) is 11.1. The van der Waals surface area contributed by atoms with Crippen molar-refractivity contribution in [1.29, 1.82) is 0 Å². The molecule has 1 fully saturated rings. The van der Waals surface area contributed by atoms with Gasteiger partial charge in [0.05, 0.1) is 32.0 Å². The average molecular weight is 418 g/mol. The lowest BCUT2D eigenvalue weighted by Gasteiger charge is -2.28. The fourth-order valence-electron chi connectivity index (χ4n) is 2.99. The third-order valence-electron chi connectivity index (χ3n) is 4.39. The largest absolute Gasteiger partial charge is 0.378 e. The van der Waals surface area contributed by atoms with E-state index in [-0.39, 0.29) is 30.1 Å². The first kappa shape index (κ1) is 21.0. The fourth-order valence-corrected chi connectivity index (χ4v) is 3.16. The van der Waals surface area contributed by atoms with Crippen LogP contribution in [-0.2, 0) is 14.3 Å². The van der Waals surface area contributed by atoms with Crippen LogP contribution in [0.2, 0.25) is 5.15 Å². The van der Waals surface area contributed by atoms with Crippen LogP contribution in [0, 0.1) is 0 Å². The molecule has 29 heavy (non-hydrogen) atoms. The van der Waals surface area contributed by atoms with Gasteiger partial charge < -0.3 is 20.3 Å². The maximum absolute atomic E-state index is 12.3. The summed E-state index contributed by atoms with van der Waals surface area (Å²) >= 11 is 5.93. The van der Waals surface area contributed by atoms with Crippen molar-refractivity contribution in [2.45, 2.75) is 0 Å². The lowest BCUT2D eigenvalue weighted by molar-refractivity contribution is -0.119. The number of nitrogens with zero attached hydrogens (tertiary/aromatic N) is 3. The van der Waals surface area contributed by atoms with Gasteiger partial charge in [0.1, 0.15) is 0 Å². The number of aromatic nitrogens is 1. The Morgan fingerprint density at radius 3 is 2.41 bits per heavy atom. The molecular weight excluding hydrogens is 394 g/mol. The van der Waals surface area contributed by atoms with E-state index in [1.165, 1.54) is 0 Å². The highest BCUT2D eigenvalue weighted by Crippen LogP contribution is 2.19. The van der Waals surface area contributed by atoms with Crippen LogP contribution in [-0.4, -0.2) is 68.1 Å². The molecular formula is C20H24ClN5O3. The number of nitrogens with one attached hydrogen (secondary N) is 2. The van der Waals surface area contributed by atoms with E-state index in [0.717, 1.165) is 32.0 Å². The van der Waals surface area contributed by atoms with Crippen LogP contribution in [0.25, 0.3) is 0 Å². The maximum Gasteiger partial charge on any atom is 0.238 e. The second-order valence-corrected chi connectivity index (χ2v) is 7.11. The van der Waals surface area contributed by atoms with Gasteiger partial charge in [-0.3, -0.25) is 14.5 Å². The van der Waals surface area contributed by atoms with E-state index in [4.69, 9.17) is 16.3 Å². The number of amides is 2. The van der Waals surface area contributed by atoms with E-state index in [0.29, 0.717) is 11.4 Å². The molecule has 0 saturated carbocycles. The van der Waals surface area contributed by atoms with Crippen molar-refractivity contribution in [3.63, 3.8) is 0 Å². The summed E-state index contributed by atoms with van der Waals surface area (Å²) in [6.07, 6.45) is 1.54. The molecule has 1 aromatic heterocycles. The highest BCUT2D eigenvalue weighted by Gasteiger charge is 2.14. The summed E-state index contributed by atoms with van der Waals surface area (Å²) in [5.41, 5.74) is 2.26. The Hall–Kier alpha value is -2.68. The predicted octanol–water partition coefficient (Wildman–Crippen LogP) is 2.08. The van der Waals surface area contributed by atoms with Crippen molar-refractivity contribution in [3.8, 4) is 0 Å². The molecule has 0 spiro atoms. The number of benzene rings is 1. The van der Waals surface area contributed by atoms with Crippen molar-refractivity contribution in [1.82, 2.24) is 9.88 Å². The summed E-state index contributed by atoms with van der Waals surface area (Å²) < 4.78 is 5.36. The summed E-state index contributed by atoms with van der Waals surface area (Å²) in [6.45, 7) is 3.32. The van der Waals surface area contributed by atoms with Crippen molar-refractivity contribution >= 4 is 40.5 Å². The van der Waals surface area contributed by atoms with E-state index < -0.39 is 0 Å². The van der Waals surface area contributed by atoms with Gasteiger partial charge in [0.2, 0.25) is 11.8 Å². The zero-order valence-corrected chi connectivity index (χ0v) is 17.0. The van der Waals surface area contributed by atoms with Gasteiger partial charge in [-0.25, -0.2) is 4.98 Å². The van der Waals surface area contributed by atoms with Gasteiger partial charge in [0, 0.05) is 30.7 Å². The average Bonchev–Trinajstić information content (AvgIpc) is 2.70. The molecule has 2 aromatic rings. The van der Waals surface area contributed by atoms with Gasteiger partial charge in [-0.05, 0) is 43.4 Å². The highest BCUT2D eigenvalue weighted by atomic mass is 35.5. The van der Waals surface area contributed by atoms with E-state index >= 15 is 0 Å². The number of morpholine rings is 1. The monoisotopic (exact) mass is 417 g/mol. The smallest absolute Gasteiger partial charge is 0.238 e. The normalized spacial score (nSPS) is 14.0. The maximum atomic E-state index is 12.3. The standard InChI is InChI=1S/C20H24ClN5O3/c1-25(14-19(28)24-17-3-2-8-22-20(17)21)13-18(27)23-15-4-6-16(7-5-15)26-9-11-29-12-10-26/h2-8H,9-14H2,1H3,(H,23,27)(H,24,28). The molecule has 3 rings (SSSR count). The minimum atomic E-state index is -0.273. The van der Waals surface area contributed by atoms with Crippen molar-refractivity contribution in [2.24, 2.45) is 0 Å². The fraction of sp³-hybridized carbons (Fsp3) is 0.350. The van der Waals surface area contributed by atoms with E-state index in [2.05, 4.69) is 20.5 Å². The third-order valence-corrected chi connectivity index (χ3v) is 4.69. The number of rotatable bonds is 7. The minimum absolute atomic E-state index is 0.0502. The van der Waals surface area contributed by atoms with Gasteiger partial charge in [-0.15, -0.1) is 0 Å². The van der Waals surface area contributed by atoms with Crippen LogP contribution < -0.4 is 15.5 Å². The topological polar surface area (TPSA) is 86.8 Å². The van der Waals surface area contributed by atoms with Crippen molar-refractivity contribution < 1.29 is 14.3 Å². The number of hydrogen-bond acceptors (Lipinski definition) is 6. The molecule has 0 aliphatic carbocycles. The lowest BCUT2D eigenvalue weighted by atomic mass is 10.2. The zero-order valence-electron chi connectivity index (χ0n) is 16.2.